The molecule has 0 spiro atoms. The second-order valence-electron chi connectivity index (χ2n) is 5.93. The Labute approximate surface area is 146 Å². The topological polar surface area (TPSA) is 74.7 Å². The molecule has 0 saturated heterocycles. The summed E-state index contributed by atoms with van der Waals surface area (Å²) in [5, 5.41) is 0.503. The number of rotatable bonds is 5. The first kappa shape index (κ1) is 16.9. The Balaban J connectivity index is 2.04. The standard InChI is InChI=1S/C20H21NO4/c1-4-12(2)25-14-6-7-15-19(10-14)24-11-16(20(15)22)13-5-8-18(23-3)17(21)9-13/h5-12H,4,21H2,1-3H3. The molecule has 130 valence electrons. The van der Waals surface area contributed by atoms with Crippen molar-refractivity contribution in [3.63, 3.8) is 0 Å². The minimum atomic E-state index is -0.110. The van der Waals surface area contributed by atoms with Crippen LogP contribution in [0.3, 0.4) is 0 Å². The van der Waals surface area contributed by atoms with Gasteiger partial charge in [-0.3, -0.25) is 4.79 Å². The van der Waals surface area contributed by atoms with E-state index in [4.69, 9.17) is 19.6 Å². The molecule has 1 heterocycles. The van der Waals surface area contributed by atoms with E-state index in [1.165, 1.54) is 6.26 Å². The Morgan fingerprint density at radius 1 is 1.20 bits per heavy atom. The summed E-state index contributed by atoms with van der Waals surface area (Å²) in [4.78, 5) is 12.8. The van der Waals surface area contributed by atoms with Crippen molar-refractivity contribution in [2.24, 2.45) is 0 Å². The highest BCUT2D eigenvalue weighted by molar-refractivity contribution is 5.83. The lowest BCUT2D eigenvalue weighted by Crippen LogP contribution is -2.10. The molecule has 3 aromatic rings. The van der Waals surface area contributed by atoms with E-state index >= 15 is 0 Å². The molecule has 1 atom stereocenters. The number of anilines is 1. The van der Waals surface area contributed by atoms with Gasteiger partial charge in [0.2, 0.25) is 0 Å². The van der Waals surface area contributed by atoms with Crippen molar-refractivity contribution in [2.75, 3.05) is 12.8 Å². The van der Waals surface area contributed by atoms with Crippen LogP contribution >= 0.6 is 0 Å². The maximum absolute atomic E-state index is 12.8. The summed E-state index contributed by atoms with van der Waals surface area (Å²) in [6, 6.07) is 10.5. The van der Waals surface area contributed by atoms with Gasteiger partial charge < -0.3 is 19.6 Å². The van der Waals surface area contributed by atoms with Gasteiger partial charge in [-0.05, 0) is 43.2 Å². The van der Waals surface area contributed by atoms with Crippen LogP contribution in [0.15, 0.2) is 51.9 Å². The summed E-state index contributed by atoms with van der Waals surface area (Å²) in [6.45, 7) is 4.05. The molecule has 0 bridgehead atoms. The number of methoxy groups -OCH3 is 1. The fourth-order valence-electron chi connectivity index (χ4n) is 2.60. The van der Waals surface area contributed by atoms with Gasteiger partial charge in [-0.1, -0.05) is 13.0 Å². The SMILES string of the molecule is CCC(C)Oc1ccc2c(=O)c(-c3ccc(OC)c(N)c3)coc2c1. The Bertz CT molecular complexity index is 962. The van der Waals surface area contributed by atoms with E-state index in [9.17, 15) is 4.79 Å². The van der Waals surface area contributed by atoms with Crippen molar-refractivity contribution in [3.05, 3.63) is 52.9 Å². The van der Waals surface area contributed by atoms with Gasteiger partial charge in [0, 0.05) is 6.07 Å². The summed E-state index contributed by atoms with van der Waals surface area (Å²) in [7, 11) is 1.55. The Hall–Kier alpha value is -2.95. The average molecular weight is 339 g/mol. The number of nitrogen functional groups attached to an aromatic ring is 1. The number of benzene rings is 2. The molecule has 5 heteroatoms. The van der Waals surface area contributed by atoms with Crippen molar-refractivity contribution < 1.29 is 13.9 Å². The predicted octanol–water partition coefficient (Wildman–Crippen LogP) is 4.23. The summed E-state index contributed by atoms with van der Waals surface area (Å²) in [5.41, 5.74) is 7.94. The van der Waals surface area contributed by atoms with Crippen molar-refractivity contribution in [1.82, 2.24) is 0 Å². The van der Waals surface area contributed by atoms with Crippen molar-refractivity contribution in [2.45, 2.75) is 26.4 Å². The minimum absolute atomic E-state index is 0.103. The summed E-state index contributed by atoms with van der Waals surface area (Å²) in [6.07, 6.45) is 2.46. The molecule has 0 radical (unpaired) electrons. The fourth-order valence-corrected chi connectivity index (χ4v) is 2.60. The van der Waals surface area contributed by atoms with Gasteiger partial charge in [0.1, 0.15) is 23.3 Å². The maximum atomic E-state index is 12.8. The van der Waals surface area contributed by atoms with Gasteiger partial charge in [0.25, 0.3) is 0 Å². The quantitative estimate of drug-likeness (QED) is 0.704. The number of hydrogen-bond donors (Lipinski definition) is 1. The van der Waals surface area contributed by atoms with E-state index in [1.807, 2.05) is 6.92 Å². The van der Waals surface area contributed by atoms with E-state index in [0.717, 1.165) is 6.42 Å². The highest BCUT2D eigenvalue weighted by Crippen LogP contribution is 2.28. The van der Waals surface area contributed by atoms with Gasteiger partial charge >= 0.3 is 0 Å². The second-order valence-corrected chi connectivity index (χ2v) is 5.93. The van der Waals surface area contributed by atoms with Gasteiger partial charge in [0.15, 0.2) is 5.43 Å². The van der Waals surface area contributed by atoms with Crippen LogP contribution in [0.1, 0.15) is 20.3 Å². The van der Waals surface area contributed by atoms with E-state index < -0.39 is 0 Å². The van der Waals surface area contributed by atoms with E-state index in [2.05, 4.69) is 6.92 Å². The lowest BCUT2D eigenvalue weighted by Gasteiger charge is -2.12. The summed E-state index contributed by atoms with van der Waals surface area (Å²) < 4.78 is 16.6. The first-order valence-electron chi connectivity index (χ1n) is 8.19. The van der Waals surface area contributed by atoms with Crippen LogP contribution in [0.4, 0.5) is 5.69 Å². The molecule has 0 fully saturated rings. The Kier molecular flexibility index (Phi) is 4.65. The van der Waals surface area contributed by atoms with E-state index in [-0.39, 0.29) is 11.5 Å². The molecule has 0 aliphatic rings. The van der Waals surface area contributed by atoms with Crippen LogP contribution in [0, 0.1) is 0 Å². The first-order valence-corrected chi connectivity index (χ1v) is 8.19. The molecule has 25 heavy (non-hydrogen) atoms. The molecule has 2 aromatic carbocycles. The maximum Gasteiger partial charge on any atom is 0.200 e. The molecule has 1 unspecified atom stereocenters. The predicted molar refractivity (Wildman–Crippen MR) is 99.3 cm³/mol. The normalized spacial score (nSPS) is 12.1. The molecule has 2 N–H and O–H groups in total. The number of nitrogens with two attached hydrogens (primary N) is 1. The molecule has 3 rings (SSSR count). The summed E-state index contributed by atoms with van der Waals surface area (Å²) in [5.74, 6) is 1.26. The van der Waals surface area contributed by atoms with E-state index in [0.29, 0.717) is 39.3 Å². The third-order valence-corrected chi connectivity index (χ3v) is 4.20. The lowest BCUT2D eigenvalue weighted by atomic mass is 10.0. The molecule has 0 amide bonds. The van der Waals surface area contributed by atoms with Gasteiger partial charge in [-0.2, -0.15) is 0 Å². The van der Waals surface area contributed by atoms with Gasteiger partial charge in [-0.25, -0.2) is 0 Å². The van der Waals surface area contributed by atoms with Crippen LogP contribution < -0.4 is 20.6 Å². The number of fused-ring (bicyclic) bond motifs is 1. The van der Waals surface area contributed by atoms with Crippen LogP contribution in [0.25, 0.3) is 22.1 Å². The van der Waals surface area contributed by atoms with Crippen LogP contribution in [-0.2, 0) is 0 Å². The molecule has 0 aliphatic heterocycles. The van der Waals surface area contributed by atoms with E-state index in [1.54, 1.807) is 43.5 Å². The highest BCUT2D eigenvalue weighted by Gasteiger charge is 2.12. The van der Waals surface area contributed by atoms with Crippen LogP contribution in [0.2, 0.25) is 0 Å². The molecular weight excluding hydrogens is 318 g/mol. The summed E-state index contributed by atoms with van der Waals surface area (Å²) >= 11 is 0. The van der Waals surface area contributed by atoms with Crippen molar-refractivity contribution in [3.8, 4) is 22.6 Å². The largest absolute Gasteiger partial charge is 0.495 e. The minimum Gasteiger partial charge on any atom is -0.495 e. The van der Waals surface area contributed by atoms with Crippen molar-refractivity contribution in [1.29, 1.82) is 0 Å². The van der Waals surface area contributed by atoms with Crippen LogP contribution in [-0.4, -0.2) is 13.2 Å². The van der Waals surface area contributed by atoms with Gasteiger partial charge in [-0.15, -0.1) is 0 Å². The molecule has 5 nitrogen and oxygen atoms in total. The van der Waals surface area contributed by atoms with Crippen LogP contribution in [0.5, 0.6) is 11.5 Å². The fraction of sp³-hybridized carbons (Fsp3) is 0.250. The van der Waals surface area contributed by atoms with Crippen molar-refractivity contribution >= 4 is 16.7 Å². The molecule has 1 aromatic heterocycles. The smallest absolute Gasteiger partial charge is 0.200 e. The third-order valence-electron chi connectivity index (χ3n) is 4.20. The Morgan fingerprint density at radius 2 is 2.00 bits per heavy atom. The molecule has 0 aliphatic carbocycles. The highest BCUT2D eigenvalue weighted by atomic mass is 16.5. The average Bonchev–Trinajstić information content (AvgIpc) is 2.61. The first-order chi connectivity index (χ1) is 12.0. The lowest BCUT2D eigenvalue weighted by molar-refractivity contribution is 0.217. The monoisotopic (exact) mass is 339 g/mol. The molecular formula is C20H21NO4. The Morgan fingerprint density at radius 3 is 2.68 bits per heavy atom. The zero-order valence-corrected chi connectivity index (χ0v) is 14.5. The zero-order valence-electron chi connectivity index (χ0n) is 14.5. The number of ether oxygens (including phenoxy) is 2. The second kappa shape index (κ2) is 6.89. The van der Waals surface area contributed by atoms with Gasteiger partial charge in [0.05, 0.1) is 29.9 Å². The molecule has 0 saturated carbocycles. The zero-order chi connectivity index (χ0) is 18.0. The number of hydrogen-bond acceptors (Lipinski definition) is 5. The third kappa shape index (κ3) is 3.31.